The summed E-state index contributed by atoms with van der Waals surface area (Å²) in [6, 6.07) is 9.63. The van der Waals surface area contributed by atoms with Crippen LogP contribution >= 0.6 is 0 Å². The molecule has 3 aromatic rings. The summed E-state index contributed by atoms with van der Waals surface area (Å²) in [5.41, 5.74) is 0.900. The quantitative estimate of drug-likeness (QED) is 0.549. The second-order valence-corrected chi connectivity index (χ2v) is 8.35. The van der Waals surface area contributed by atoms with E-state index >= 15 is 0 Å². The zero-order valence-corrected chi connectivity index (χ0v) is 18.6. The van der Waals surface area contributed by atoms with Gasteiger partial charge in [0.25, 0.3) is 0 Å². The van der Waals surface area contributed by atoms with Crippen LogP contribution in [0.25, 0.3) is 11.3 Å². The van der Waals surface area contributed by atoms with Crippen LogP contribution in [0, 0.1) is 11.6 Å². The molecule has 0 N–H and O–H groups in total. The first-order valence-corrected chi connectivity index (χ1v) is 11.3. The second-order valence-electron chi connectivity index (χ2n) is 8.35. The van der Waals surface area contributed by atoms with Gasteiger partial charge in [0.1, 0.15) is 24.8 Å². The van der Waals surface area contributed by atoms with Crippen molar-refractivity contribution in [3.05, 3.63) is 65.7 Å². The van der Waals surface area contributed by atoms with Crippen LogP contribution in [-0.2, 0) is 17.8 Å². The van der Waals surface area contributed by atoms with Crippen LogP contribution in [0.3, 0.4) is 0 Å². The van der Waals surface area contributed by atoms with Crippen LogP contribution in [0.2, 0.25) is 0 Å². The molecule has 7 nitrogen and oxygen atoms in total. The van der Waals surface area contributed by atoms with Crippen molar-refractivity contribution in [3.8, 4) is 22.8 Å². The van der Waals surface area contributed by atoms with Gasteiger partial charge in [-0.25, -0.2) is 13.8 Å². The summed E-state index contributed by atoms with van der Waals surface area (Å²) in [5, 5.41) is 0. The predicted molar refractivity (Wildman–Crippen MR) is 119 cm³/mol. The van der Waals surface area contributed by atoms with Crippen LogP contribution in [0.4, 0.5) is 8.78 Å². The Morgan fingerprint density at radius 1 is 0.971 bits per heavy atom. The zero-order chi connectivity index (χ0) is 23.5. The van der Waals surface area contributed by atoms with Crippen molar-refractivity contribution >= 4 is 5.91 Å². The molecule has 178 valence electrons. The third-order valence-electron chi connectivity index (χ3n) is 6.05. The lowest BCUT2D eigenvalue weighted by Crippen LogP contribution is -2.48. The van der Waals surface area contributed by atoms with Crippen LogP contribution in [0.1, 0.15) is 17.9 Å². The molecule has 1 fully saturated rings. The number of benzene rings is 2. The van der Waals surface area contributed by atoms with Crippen LogP contribution in [-0.4, -0.2) is 60.1 Å². The highest BCUT2D eigenvalue weighted by atomic mass is 19.1. The monoisotopic (exact) mass is 469 g/mol. The van der Waals surface area contributed by atoms with Gasteiger partial charge in [0.15, 0.2) is 23.1 Å². The number of aromatic nitrogens is 1. The van der Waals surface area contributed by atoms with Crippen LogP contribution in [0.15, 0.2) is 47.0 Å². The Hall–Kier alpha value is -3.46. The van der Waals surface area contributed by atoms with E-state index in [9.17, 15) is 13.6 Å². The number of amides is 1. The number of rotatable bonds is 6. The Morgan fingerprint density at radius 3 is 2.47 bits per heavy atom. The topological polar surface area (TPSA) is 68.0 Å². The first kappa shape index (κ1) is 22.3. The van der Waals surface area contributed by atoms with Crippen molar-refractivity contribution in [1.82, 2.24) is 14.8 Å². The normalized spacial score (nSPS) is 16.0. The van der Waals surface area contributed by atoms with Gasteiger partial charge >= 0.3 is 0 Å². The Morgan fingerprint density at radius 2 is 1.71 bits per heavy atom. The third kappa shape index (κ3) is 4.89. The van der Waals surface area contributed by atoms with E-state index in [1.165, 1.54) is 12.3 Å². The number of piperazine rings is 1. The van der Waals surface area contributed by atoms with E-state index < -0.39 is 11.6 Å². The van der Waals surface area contributed by atoms with E-state index in [-0.39, 0.29) is 36.0 Å². The fourth-order valence-electron chi connectivity index (χ4n) is 4.25. The van der Waals surface area contributed by atoms with Gasteiger partial charge in [-0.1, -0.05) is 12.1 Å². The molecule has 0 unspecified atom stereocenters. The highest BCUT2D eigenvalue weighted by molar-refractivity contribution is 5.76. The Kier molecular flexibility index (Phi) is 6.44. The highest BCUT2D eigenvalue weighted by Crippen LogP contribution is 2.31. The summed E-state index contributed by atoms with van der Waals surface area (Å²) in [6.07, 6.45) is 1.78. The highest BCUT2D eigenvalue weighted by Gasteiger charge is 2.23. The van der Waals surface area contributed by atoms with Gasteiger partial charge in [0.05, 0.1) is 11.8 Å². The molecule has 3 heterocycles. The van der Waals surface area contributed by atoms with Gasteiger partial charge < -0.3 is 18.8 Å². The number of oxazole rings is 1. The Bertz CT molecular complexity index is 1150. The summed E-state index contributed by atoms with van der Waals surface area (Å²) in [4.78, 5) is 20.9. The Labute approximate surface area is 195 Å². The third-order valence-corrected chi connectivity index (χ3v) is 6.05. The lowest BCUT2D eigenvalue weighted by molar-refractivity contribution is -0.133. The fourth-order valence-corrected chi connectivity index (χ4v) is 4.25. The van der Waals surface area contributed by atoms with Gasteiger partial charge in [0.2, 0.25) is 5.91 Å². The maximum Gasteiger partial charge on any atom is 0.223 e. The lowest BCUT2D eigenvalue weighted by atomic mass is 10.1. The first-order valence-electron chi connectivity index (χ1n) is 11.3. The SMILES string of the molecule is O=C(CCc1ncc(-c2c(F)cccc2F)o1)N1CCN(Cc2ccc3c(c2)OCCO3)CC1. The molecule has 2 aliphatic heterocycles. The molecular formula is C25H25F2N3O4. The number of carbonyl (C=O) groups excluding carboxylic acids is 1. The predicted octanol–water partition coefficient (Wildman–Crippen LogP) is 3.67. The van der Waals surface area contributed by atoms with Crippen molar-refractivity contribution < 1.29 is 27.5 Å². The summed E-state index contributed by atoms with van der Waals surface area (Å²) in [7, 11) is 0. The molecule has 2 aliphatic rings. The van der Waals surface area contributed by atoms with E-state index in [0.29, 0.717) is 26.3 Å². The average Bonchev–Trinajstić information content (AvgIpc) is 3.31. The largest absolute Gasteiger partial charge is 0.486 e. The molecule has 0 aliphatic carbocycles. The summed E-state index contributed by atoms with van der Waals surface area (Å²) in [6.45, 7) is 4.74. The number of hydrogen-bond donors (Lipinski definition) is 0. The molecule has 0 radical (unpaired) electrons. The molecule has 9 heteroatoms. The first-order chi connectivity index (χ1) is 16.6. The summed E-state index contributed by atoms with van der Waals surface area (Å²) in [5.74, 6) is 0.443. The smallest absolute Gasteiger partial charge is 0.223 e. The molecule has 1 saturated heterocycles. The molecule has 0 saturated carbocycles. The lowest BCUT2D eigenvalue weighted by Gasteiger charge is -2.35. The van der Waals surface area contributed by atoms with E-state index in [4.69, 9.17) is 13.9 Å². The molecule has 2 aromatic carbocycles. The number of halogens is 2. The van der Waals surface area contributed by atoms with E-state index in [0.717, 1.165) is 48.8 Å². The van der Waals surface area contributed by atoms with Gasteiger partial charge in [-0.3, -0.25) is 9.69 Å². The number of nitrogens with zero attached hydrogens (tertiary/aromatic N) is 3. The number of aryl methyl sites for hydroxylation is 1. The number of ether oxygens (including phenoxy) is 2. The maximum absolute atomic E-state index is 13.9. The molecule has 34 heavy (non-hydrogen) atoms. The molecule has 5 rings (SSSR count). The zero-order valence-electron chi connectivity index (χ0n) is 18.6. The molecular weight excluding hydrogens is 444 g/mol. The summed E-state index contributed by atoms with van der Waals surface area (Å²) >= 11 is 0. The van der Waals surface area contributed by atoms with Crippen molar-refractivity contribution in [3.63, 3.8) is 0 Å². The van der Waals surface area contributed by atoms with Crippen molar-refractivity contribution in [2.75, 3.05) is 39.4 Å². The van der Waals surface area contributed by atoms with Gasteiger partial charge in [0, 0.05) is 45.6 Å². The number of fused-ring (bicyclic) bond motifs is 1. The molecule has 1 amide bonds. The number of hydrogen-bond acceptors (Lipinski definition) is 6. The van der Waals surface area contributed by atoms with Crippen molar-refractivity contribution in [1.29, 1.82) is 0 Å². The van der Waals surface area contributed by atoms with Crippen molar-refractivity contribution in [2.45, 2.75) is 19.4 Å². The van der Waals surface area contributed by atoms with Gasteiger partial charge in [-0.05, 0) is 29.8 Å². The maximum atomic E-state index is 13.9. The molecule has 0 spiro atoms. The van der Waals surface area contributed by atoms with E-state index in [1.54, 1.807) is 0 Å². The van der Waals surface area contributed by atoms with Gasteiger partial charge in [-0.15, -0.1) is 0 Å². The number of carbonyl (C=O) groups is 1. The average molecular weight is 469 g/mol. The van der Waals surface area contributed by atoms with Gasteiger partial charge in [-0.2, -0.15) is 0 Å². The van der Waals surface area contributed by atoms with Crippen LogP contribution in [0.5, 0.6) is 11.5 Å². The minimum Gasteiger partial charge on any atom is -0.486 e. The van der Waals surface area contributed by atoms with E-state index in [2.05, 4.69) is 9.88 Å². The minimum atomic E-state index is -0.715. The van der Waals surface area contributed by atoms with E-state index in [1.807, 2.05) is 23.1 Å². The minimum absolute atomic E-state index is 0.0100. The van der Waals surface area contributed by atoms with Crippen molar-refractivity contribution in [2.24, 2.45) is 0 Å². The molecule has 1 aromatic heterocycles. The van der Waals surface area contributed by atoms with Crippen LogP contribution < -0.4 is 9.47 Å². The standard InChI is InChI=1S/C25H25F2N3O4/c26-18-2-1-3-19(27)25(18)22-15-28-23(34-22)6-7-24(31)30-10-8-29(9-11-30)16-17-4-5-20-21(14-17)33-13-12-32-20/h1-5,14-15H,6-13,16H2. The molecule has 0 atom stereocenters. The Balaban J connectivity index is 1.10. The fraction of sp³-hybridized carbons (Fsp3) is 0.360. The summed E-state index contributed by atoms with van der Waals surface area (Å²) < 4.78 is 44.6. The molecule has 0 bridgehead atoms. The second kappa shape index (κ2) is 9.80.